The fraction of sp³-hybridized carbons (Fsp3) is 0.618. The molecule has 13 heteroatoms. The number of carbonyl (C=O) groups excluding carboxylic acids is 2. The number of aliphatic imine (C=N–C) groups is 1. The Morgan fingerprint density at radius 1 is 1.00 bits per heavy atom. The highest BCUT2D eigenvalue weighted by Gasteiger charge is 2.35. The predicted octanol–water partition coefficient (Wildman–Crippen LogP) is 8.63. The second kappa shape index (κ2) is 16.6. The lowest BCUT2D eigenvalue weighted by Crippen LogP contribution is -2.28. The van der Waals surface area contributed by atoms with E-state index in [1.54, 1.807) is 13.1 Å². The van der Waals surface area contributed by atoms with Crippen LogP contribution in [0.4, 0.5) is 23.8 Å². The highest BCUT2D eigenvalue weighted by atomic mass is 32.1. The van der Waals surface area contributed by atoms with Crippen LogP contribution in [-0.4, -0.2) is 47.9 Å². The molecule has 2 amide bonds. The topological polar surface area (TPSA) is 115 Å². The standard InChI is InChI=1S/C34H44F3N5O4S/c1-2-38-33(44)42-29-18-26(31-41-28(21-47-31)34(35,36)37)27(20-39-29)25-17-24(32(43)46-16-8-14-23-11-5-6-12-23)19-40-30(25)45-15-7-13-22-9-3-4-10-22/h18-24H,2-17H2,1H3,(H2,38,39,42,44). The highest BCUT2D eigenvalue weighted by molar-refractivity contribution is 7.13. The number of rotatable bonds is 14. The summed E-state index contributed by atoms with van der Waals surface area (Å²) in [5.41, 5.74) is 0.250. The van der Waals surface area contributed by atoms with Crippen molar-refractivity contribution in [3.63, 3.8) is 0 Å². The number of carbonyl (C=O) groups is 2. The largest absolute Gasteiger partial charge is 0.477 e. The molecular formula is C34H44F3N5O4S. The lowest BCUT2D eigenvalue weighted by atomic mass is 9.91. The van der Waals surface area contributed by atoms with Crippen LogP contribution in [0.2, 0.25) is 0 Å². The van der Waals surface area contributed by atoms with Crippen LogP contribution in [0.5, 0.6) is 0 Å². The van der Waals surface area contributed by atoms with Gasteiger partial charge in [-0.3, -0.25) is 10.1 Å². The molecule has 3 heterocycles. The Morgan fingerprint density at radius 3 is 2.32 bits per heavy atom. The van der Waals surface area contributed by atoms with Gasteiger partial charge < -0.3 is 14.8 Å². The van der Waals surface area contributed by atoms with Crippen LogP contribution < -0.4 is 10.6 Å². The Labute approximate surface area is 277 Å². The van der Waals surface area contributed by atoms with Crippen molar-refractivity contribution in [1.82, 2.24) is 15.3 Å². The third kappa shape index (κ3) is 9.77. The molecule has 2 N–H and O–H groups in total. The van der Waals surface area contributed by atoms with Crippen LogP contribution in [0.15, 0.2) is 28.5 Å². The quantitative estimate of drug-likeness (QED) is 0.153. The number of hydrogen-bond acceptors (Lipinski definition) is 8. The summed E-state index contributed by atoms with van der Waals surface area (Å²) < 4.78 is 52.6. The van der Waals surface area contributed by atoms with Crippen LogP contribution in [0.3, 0.4) is 0 Å². The summed E-state index contributed by atoms with van der Waals surface area (Å²) in [4.78, 5) is 38.3. The molecule has 0 bridgehead atoms. The van der Waals surface area contributed by atoms with E-state index in [4.69, 9.17) is 9.47 Å². The molecule has 2 saturated carbocycles. The van der Waals surface area contributed by atoms with Crippen molar-refractivity contribution in [2.45, 2.75) is 96.6 Å². The van der Waals surface area contributed by atoms with Gasteiger partial charge in [-0.05, 0) is 56.9 Å². The first-order valence-electron chi connectivity index (χ1n) is 16.9. The van der Waals surface area contributed by atoms with E-state index in [9.17, 15) is 22.8 Å². The molecule has 2 fully saturated rings. The van der Waals surface area contributed by atoms with Gasteiger partial charge in [0.05, 0.1) is 19.1 Å². The number of nitrogens with one attached hydrogen (secondary N) is 2. The Bertz CT molecular complexity index is 1430. The van der Waals surface area contributed by atoms with Crippen molar-refractivity contribution in [3.8, 4) is 10.6 Å². The first-order valence-corrected chi connectivity index (χ1v) is 17.7. The zero-order valence-corrected chi connectivity index (χ0v) is 27.7. The molecule has 256 valence electrons. The van der Waals surface area contributed by atoms with Crippen molar-refractivity contribution < 1.29 is 32.2 Å². The number of ether oxygens (including phenoxy) is 2. The number of allylic oxidation sites excluding steroid dienone is 1. The zero-order chi connectivity index (χ0) is 33.2. The molecular weight excluding hydrogens is 631 g/mol. The number of aromatic nitrogens is 2. The number of hydrogen-bond donors (Lipinski definition) is 2. The van der Waals surface area contributed by atoms with Gasteiger partial charge in [-0.15, -0.1) is 11.3 Å². The van der Waals surface area contributed by atoms with Crippen molar-refractivity contribution in [2.24, 2.45) is 22.7 Å². The number of thiazole rings is 1. The Balaban J connectivity index is 1.40. The summed E-state index contributed by atoms with van der Waals surface area (Å²) in [5.74, 6) is 0.717. The van der Waals surface area contributed by atoms with Crippen molar-refractivity contribution in [1.29, 1.82) is 0 Å². The summed E-state index contributed by atoms with van der Waals surface area (Å²) in [5, 5.41) is 6.27. The third-order valence-corrected chi connectivity index (χ3v) is 10.0. The van der Waals surface area contributed by atoms with E-state index in [1.807, 2.05) is 0 Å². The number of nitrogens with zero attached hydrogens (tertiary/aromatic N) is 3. The molecule has 5 rings (SSSR count). The number of halogens is 3. The Hall–Kier alpha value is -3.48. The summed E-state index contributed by atoms with van der Waals surface area (Å²) >= 11 is 0.833. The summed E-state index contributed by atoms with van der Waals surface area (Å²) in [7, 11) is 0. The molecule has 2 aliphatic carbocycles. The number of anilines is 1. The molecule has 0 radical (unpaired) electrons. The molecule has 1 unspecified atom stereocenters. The number of alkyl halides is 3. The lowest BCUT2D eigenvalue weighted by molar-refractivity contribution is -0.146. The van der Waals surface area contributed by atoms with E-state index in [0.717, 1.165) is 42.4 Å². The molecule has 0 aromatic carbocycles. The summed E-state index contributed by atoms with van der Waals surface area (Å²) in [6, 6.07) is 0.987. The number of amides is 2. The second-order valence-corrected chi connectivity index (χ2v) is 13.5. The molecule has 0 saturated heterocycles. The van der Waals surface area contributed by atoms with Gasteiger partial charge in [-0.25, -0.2) is 19.8 Å². The van der Waals surface area contributed by atoms with Crippen molar-refractivity contribution in [2.75, 3.05) is 25.1 Å². The van der Waals surface area contributed by atoms with Crippen molar-refractivity contribution >= 4 is 40.9 Å². The van der Waals surface area contributed by atoms with E-state index in [0.29, 0.717) is 54.2 Å². The molecule has 1 aliphatic heterocycles. The van der Waals surface area contributed by atoms with Gasteiger partial charge in [-0.2, -0.15) is 13.2 Å². The second-order valence-electron chi connectivity index (χ2n) is 12.6. The summed E-state index contributed by atoms with van der Waals surface area (Å²) in [6.07, 6.45) is 12.3. The van der Waals surface area contributed by atoms with Gasteiger partial charge in [0.25, 0.3) is 0 Å². The molecule has 9 nitrogen and oxygen atoms in total. The van der Waals surface area contributed by atoms with E-state index >= 15 is 0 Å². The SMILES string of the molecule is CCNC(=O)Nc1cc(-c2nc(C(F)(F)F)cs2)c(C2=C(OCCCC3CCCC3)N=CC(C(=O)OCCCC3CCCC3)C2)cn1. The van der Waals surface area contributed by atoms with E-state index in [1.165, 1.54) is 63.6 Å². The number of urea groups is 1. The maximum absolute atomic E-state index is 13.6. The first-order chi connectivity index (χ1) is 22.7. The average molecular weight is 676 g/mol. The minimum atomic E-state index is -4.63. The van der Waals surface area contributed by atoms with Gasteiger partial charge in [-0.1, -0.05) is 51.4 Å². The number of esters is 1. The maximum atomic E-state index is 13.6. The average Bonchev–Trinajstić information content (AvgIpc) is 3.85. The van der Waals surface area contributed by atoms with Crippen LogP contribution in [0.25, 0.3) is 16.1 Å². The lowest BCUT2D eigenvalue weighted by Gasteiger charge is -2.23. The number of pyridine rings is 1. The normalized spacial score (nSPS) is 18.9. The predicted molar refractivity (Wildman–Crippen MR) is 176 cm³/mol. The first kappa shape index (κ1) is 34.8. The van der Waals surface area contributed by atoms with Gasteiger partial charge in [0.15, 0.2) is 5.69 Å². The highest BCUT2D eigenvalue weighted by Crippen LogP contribution is 2.41. The maximum Gasteiger partial charge on any atom is 0.434 e. The minimum Gasteiger partial charge on any atom is -0.477 e. The fourth-order valence-electron chi connectivity index (χ4n) is 6.67. The van der Waals surface area contributed by atoms with Crippen molar-refractivity contribution in [3.05, 3.63) is 34.8 Å². The van der Waals surface area contributed by atoms with Crippen LogP contribution in [0.1, 0.15) is 102 Å². The van der Waals surface area contributed by atoms with Crippen LogP contribution in [-0.2, 0) is 20.4 Å². The molecule has 2 aromatic heterocycles. The summed E-state index contributed by atoms with van der Waals surface area (Å²) in [6.45, 7) is 2.88. The van der Waals surface area contributed by atoms with E-state index in [-0.39, 0.29) is 17.2 Å². The Morgan fingerprint density at radius 2 is 1.68 bits per heavy atom. The van der Waals surface area contributed by atoms with Gasteiger partial charge in [0, 0.05) is 41.0 Å². The monoisotopic (exact) mass is 675 g/mol. The molecule has 47 heavy (non-hydrogen) atoms. The van der Waals surface area contributed by atoms with E-state index in [2.05, 4.69) is 25.6 Å². The zero-order valence-electron chi connectivity index (χ0n) is 26.9. The van der Waals surface area contributed by atoms with Crippen LogP contribution >= 0.6 is 11.3 Å². The molecule has 1 atom stereocenters. The molecule has 3 aliphatic rings. The van der Waals surface area contributed by atoms with Gasteiger partial charge >= 0.3 is 18.2 Å². The van der Waals surface area contributed by atoms with Gasteiger partial charge in [0.1, 0.15) is 10.8 Å². The van der Waals surface area contributed by atoms with Gasteiger partial charge in [0.2, 0.25) is 5.88 Å². The van der Waals surface area contributed by atoms with E-state index < -0.39 is 29.8 Å². The van der Waals surface area contributed by atoms with Crippen LogP contribution in [0, 0.1) is 17.8 Å². The third-order valence-electron chi connectivity index (χ3n) is 9.14. The Kier molecular flexibility index (Phi) is 12.3. The molecule has 0 spiro atoms. The smallest absolute Gasteiger partial charge is 0.434 e. The minimum absolute atomic E-state index is 0.0855. The molecule has 2 aromatic rings. The fourth-order valence-corrected chi connectivity index (χ4v) is 7.53.